The Hall–Kier alpha value is -1.78. The van der Waals surface area contributed by atoms with Crippen molar-refractivity contribution in [2.45, 2.75) is 33.4 Å². The second-order valence-corrected chi connectivity index (χ2v) is 6.03. The number of benzene rings is 1. The molecule has 0 spiro atoms. The molecule has 0 amide bonds. The Kier molecular flexibility index (Phi) is 5.27. The van der Waals surface area contributed by atoms with Crippen LogP contribution in [0, 0.1) is 12.8 Å². The topological polar surface area (TPSA) is 62.5 Å². The van der Waals surface area contributed by atoms with Gasteiger partial charge in [0.15, 0.2) is 0 Å². The highest BCUT2D eigenvalue weighted by Crippen LogP contribution is 2.29. The molecule has 2 N–H and O–H groups in total. The molecule has 1 atom stereocenters. The van der Waals surface area contributed by atoms with Crippen LogP contribution in [0.1, 0.15) is 25.2 Å². The summed E-state index contributed by atoms with van der Waals surface area (Å²) in [6, 6.07) is 8.80. The summed E-state index contributed by atoms with van der Waals surface area (Å²) < 4.78 is 5.80. The molecule has 4 nitrogen and oxygen atoms in total. The number of nitrogens with one attached hydrogen (secondary N) is 1. The van der Waals surface area contributed by atoms with Gasteiger partial charge in [-0.1, -0.05) is 37.6 Å². The van der Waals surface area contributed by atoms with E-state index in [1.54, 1.807) is 0 Å². The van der Waals surface area contributed by atoms with E-state index in [0.717, 1.165) is 16.9 Å². The van der Waals surface area contributed by atoms with Crippen molar-refractivity contribution in [1.29, 1.82) is 0 Å². The van der Waals surface area contributed by atoms with Gasteiger partial charge < -0.3 is 9.52 Å². The van der Waals surface area contributed by atoms with Gasteiger partial charge in [-0.25, -0.2) is 0 Å². The summed E-state index contributed by atoms with van der Waals surface area (Å²) >= 11 is 6.12. The van der Waals surface area contributed by atoms with Crippen LogP contribution in [0.15, 0.2) is 34.7 Å². The van der Waals surface area contributed by atoms with Crippen LogP contribution in [0.3, 0.4) is 0 Å². The maximum absolute atomic E-state index is 11.2. The molecule has 118 valence electrons. The fraction of sp³-hybridized carbons (Fsp3) is 0.353. The molecule has 0 radical (unpaired) electrons. The maximum Gasteiger partial charge on any atom is 0.320 e. The van der Waals surface area contributed by atoms with Crippen LogP contribution in [0.4, 0.5) is 0 Å². The van der Waals surface area contributed by atoms with Crippen LogP contribution in [-0.4, -0.2) is 17.1 Å². The van der Waals surface area contributed by atoms with Gasteiger partial charge in [0.2, 0.25) is 0 Å². The molecule has 0 bridgehead atoms. The van der Waals surface area contributed by atoms with E-state index in [1.165, 1.54) is 0 Å². The first-order valence-electron chi connectivity index (χ1n) is 7.20. The Morgan fingerprint density at radius 3 is 2.68 bits per heavy atom. The minimum Gasteiger partial charge on any atom is -0.480 e. The van der Waals surface area contributed by atoms with E-state index >= 15 is 0 Å². The quantitative estimate of drug-likeness (QED) is 0.840. The highest BCUT2D eigenvalue weighted by atomic mass is 35.5. The third-order valence-electron chi connectivity index (χ3n) is 3.62. The van der Waals surface area contributed by atoms with Crippen LogP contribution >= 0.6 is 11.6 Å². The van der Waals surface area contributed by atoms with Crippen molar-refractivity contribution in [3.8, 4) is 11.3 Å². The van der Waals surface area contributed by atoms with Gasteiger partial charge >= 0.3 is 5.97 Å². The predicted octanol–water partition coefficient (Wildman–Crippen LogP) is 4.11. The van der Waals surface area contributed by atoms with E-state index in [9.17, 15) is 4.79 Å². The molecule has 2 rings (SSSR count). The second-order valence-electron chi connectivity index (χ2n) is 5.62. The van der Waals surface area contributed by atoms with Crippen LogP contribution in [0.25, 0.3) is 11.3 Å². The van der Waals surface area contributed by atoms with Crippen LogP contribution in [-0.2, 0) is 11.3 Å². The van der Waals surface area contributed by atoms with Crippen molar-refractivity contribution in [1.82, 2.24) is 5.32 Å². The van der Waals surface area contributed by atoms with Crippen molar-refractivity contribution in [3.05, 3.63) is 46.7 Å². The molecule has 0 fully saturated rings. The SMILES string of the molecule is Cc1c(Cl)cccc1-c1ccc(CNC(C(=O)O)C(C)C)o1. The first-order chi connectivity index (χ1) is 10.4. The summed E-state index contributed by atoms with van der Waals surface area (Å²) in [5, 5.41) is 12.9. The van der Waals surface area contributed by atoms with Gasteiger partial charge in [0.05, 0.1) is 6.54 Å². The Balaban J connectivity index is 2.12. The van der Waals surface area contributed by atoms with E-state index in [1.807, 2.05) is 51.1 Å². The largest absolute Gasteiger partial charge is 0.480 e. The van der Waals surface area contributed by atoms with Crippen molar-refractivity contribution < 1.29 is 14.3 Å². The molecule has 1 heterocycles. The van der Waals surface area contributed by atoms with Crippen LogP contribution in [0.2, 0.25) is 5.02 Å². The third kappa shape index (κ3) is 3.70. The zero-order chi connectivity index (χ0) is 16.3. The lowest BCUT2D eigenvalue weighted by molar-refractivity contribution is -0.140. The van der Waals surface area contributed by atoms with E-state index in [4.69, 9.17) is 21.1 Å². The van der Waals surface area contributed by atoms with Gasteiger partial charge in [0.1, 0.15) is 17.6 Å². The monoisotopic (exact) mass is 321 g/mol. The van der Waals surface area contributed by atoms with E-state index < -0.39 is 12.0 Å². The molecule has 1 unspecified atom stereocenters. The number of furan rings is 1. The van der Waals surface area contributed by atoms with Gasteiger partial charge in [-0.3, -0.25) is 10.1 Å². The highest BCUT2D eigenvalue weighted by Gasteiger charge is 2.21. The Morgan fingerprint density at radius 1 is 1.32 bits per heavy atom. The predicted molar refractivity (Wildman–Crippen MR) is 87.0 cm³/mol. The van der Waals surface area contributed by atoms with Gasteiger partial charge in [-0.05, 0) is 36.6 Å². The standard InChI is InChI=1S/C17H20ClNO3/c1-10(2)16(17(20)21)19-9-12-7-8-15(22-12)13-5-4-6-14(18)11(13)3/h4-8,10,16,19H,9H2,1-3H3,(H,20,21). The summed E-state index contributed by atoms with van der Waals surface area (Å²) in [5.41, 5.74) is 1.90. The number of carboxylic acid groups (broad SMARTS) is 1. The Bertz CT molecular complexity index is 664. The highest BCUT2D eigenvalue weighted by molar-refractivity contribution is 6.31. The fourth-order valence-corrected chi connectivity index (χ4v) is 2.49. The number of hydrogen-bond donors (Lipinski definition) is 2. The van der Waals surface area contributed by atoms with Gasteiger partial charge in [0, 0.05) is 10.6 Å². The molecule has 0 aliphatic heterocycles. The summed E-state index contributed by atoms with van der Waals surface area (Å²) in [4.78, 5) is 11.2. The zero-order valence-electron chi connectivity index (χ0n) is 12.9. The molecule has 1 aromatic carbocycles. The second kappa shape index (κ2) is 6.99. The molecule has 0 aliphatic rings. The number of carbonyl (C=O) groups is 1. The third-order valence-corrected chi connectivity index (χ3v) is 4.03. The summed E-state index contributed by atoms with van der Waals surface area (Å²) in [6.45, 7) is 6.05. The van der Waals surface area contributed by atoms with Crippen LogP contribution in [0.5, 0.6) is 0 Å². The van der Waals surface area contributed by atoms with Gasteiger partial charge in [-0.15, -0.1) is 0 Å². The average Bonchev–Trinajstić information content (AvgIpc) is 2.90. The molecule has 0 saturated carbocycles. The molecule has 1 aromatic heterocycles. The molecule has 5 heteroatoms. The Labute approximate surface area is 135 Å². The number of aliphatic carboxylic acids is 1. The molecular weight excluding hydrogens is 302 g/mol. The molecule has 0 saturated heterocycles. The minimum atomic E-state index is -0.854. The lowest BCUT2D eigenvalue weighted by Crippen LogP contribution is -2.40. The minimum absolute atomic E-state index is 0.00195. The molecule has 22 heavy (non-hydrogen) atoms. The van der Waals surface area contributed by atoms with Crippen molar-refractivity contribution >= 4 is 17.6 Å². The lowest BCUT2D eigenvalue weighted by Gasteiger charge is -2.16. The summed E-state index contributed by atoms with van der Waals surface area (Å²) in [5.74, 6) is 0.573. The average molecular weight is 322 g/mol. The number of hydrogen-bond acceptors (Lipinski definition) is 3. The van der Waals surface area contributed by atoms with Gasteiger partial charge in [0.25, 0.3) is 0 Å². The first kappa shape index (κ1) is 16.6. The zero-order valence-corrected chi connectivity index (χ0v) is 13.6. The normalized spacial score (nSPS) is 12.6. The summed E-state index contributed by atoms with van der Waals surface area (Å²) in [7, 11) is 0. The summed E-state index contributed by atoms with van der Waals surface area (Å²) in [6.07, 6.45) is 0. The first-order valence-corrected chi connectivity index (χ1v) is 7.58. The number of carboxylic acids is 1. The van der Waals surface area contributed by atoms with Crippen molar-refractivity contribution in [2.24, 2.45) is 5.92 Å². The van der Waals surface area contributed by atoms with E-state index in [2.05, 4.69) is 5.32 Å². The van der Waals surface area contributed by atoms with E-state index in [0.29, 0.717) is 17.3 Å². The maximum atomic E-state index is 11.2. The number of halogens is 1. The van der Waals surface area contributed by atoms with Crippen LogP contribution < -0.4 is 5.32 Å². The smallest absolute Gasteiger partial charge is 0.320 e. The fourth-order valence-electron chi connectivity index (χ4n) is 2.31. The lowest BCUT2D eigenvalue weighted by atomic mass is 10.1. The molecule has 2 aromatic rings. The van der Waals surface area contributed by atoms with Crippen molar-refractivity contribution in [2.75, 3.05) is 0 Å². The number of rotatable bonds is 6. The van der Waals surface area contributed by atoms with Gasteiger partial charge in [-0.2, -0.15) is 0 Å². The molecule has 0 aliphatic carbocycles. The van der Waals surface area contributed by atoms with E-state index in [-0.39, 0.29) is 5.92 Å². The Morgan fingerprint density at radius 2 is 2.05 bits per heavy atom. The molecular formula is C17H20ClNO3. The van der Waals surface area contributed by atoms with Crippen molar-refractivity contribution in [3.63, 3.8) is 0 Å².